The van der Waals surface area contributed by atoms with Crippen LogP contribution in [0.3, 0.4) is 0 Å². The lowest BCUT2D eigenvalue weighted by atomic mass is 10.2. The van der Waals surface area contributed by atoms with E-state index < -0.39 is 11.7 Å². The predicted molar refractivity (Wildman–Crippen MR) is 134 cm³/mol. The second kappa shape index (κ2) is 9.47. The molecule has 5 aromatic rings. The Morgan fingerprint density at radius 1 is 1.17 bits per heavy atom. The molecule has 174 valence electrons. The van der Waals surface area contributed by atoms with Crippen LogP contribution in [-0.2, 0) is 0 Å². The molecule has 0 N–H and O–H groups in total. The number of ether oxygens (including phenoxy) is 1. The predicted octanol–water partition coefficient (Wildman–Crippen LogP) is 5.62. The minimum absolute atomic E-state index is 0.167. The van der Waals surface area contributed by atoms with Crippen molar-refractivity contribution < 1.29 is 18.3 Å². The molecule has 0 bridgehead atoms. The lowest BCUT2D eigenvalue weighted by molar-refractivity contribution is 0.0988. The number of para-hydroxylation sites is 1. The molecule has 35 heavy (non-hydrogen) atoms. The van der Waals surface area contributed by atoms with Gasteiger partial charge in [-0.25, -0.2) is 9.37 Å². The van der Waals surface area contributed by atoms with E-state index in [1.807, 2.05) is 6.92 Å². The zero-order valence-electron chi connectivity index (χ0n) is 18.5. The van der Waals surface area contributed by atoms with E-state index in [9.17, 15) is 14.0 Å². The Morgan fingerprint density at radius 2 is 1.97 bits per heavy atom. The van der Waals surface area contributed by atoms with Gasteiger partial charge in [0, 0.05) is 5.56 Å². The van der Waals surface area contributed by atoms with E-state index >= 15 is 0 Å². The Morgan fingerprint density at radius 3 is 2.77 bits per heavy atom. The van der Waals surface area contributed by atoms with E-state index in [4.69, 9.17) is 9.15 Å². The summed E-state index contributed by atoms with van der Waals surface area (Å²) in [6.07, 6.45) is 2.55. The number of carbonyl (C=O) groups is 1. The number of hydrogen-bond donors (Lipinski definition) is 0. The molecule has 0 atom stereocenters. The normalized spacial score (nSPS) is 11.4. The van der Waals surface area contributed by atoms with Crippen LogP contribution in [0.1, 0.15) is 22.8 Å². The molecule has 7 nitrogen and oxygen atoms in total. The van der Waals surface area contributed by atoms with E-state index in [-0.39, 0.29) is 16.1 Å². The molecule has 0 aliphatic carbocycles. The number of amides is 1. The van der Waals surface area contributed by atoms with Crippen molar-refractivity contribution in [1.82, 2.24) is 4.98 Å². The van der Waals surface area contributed by atoms with Crippen LogP contribution in [0.5, 0.6) is 5.75 Å². The highest BCUT2D eigenvalue weighted by atomic mass is 32.1. The number of nitrogens with zero attached hydrogens (tertiary/aromatic N) is 3. The number of fused-ring (bicyclic) bond motifs is 2. The van der Waals surface area contributed by atoms with Crippen LogP contribution in [0, 0.1) is 5.82 Å². The van der Waals surface area contributed by atoms with Crippen LogP contribution < -0.4 is 15.2 Å². The zero-order chi connectivity index (χ0) is 24.4. The Kier molecular flexibility index (Phi) is 6.07. The van der Waals surface area contributed by atoms with Crippen molar-refractivity contribution in [2.24, 2.45) is 5.10 Å². The highest BCUT2D eigenvalue weighted by Crippen LogP contribution is 2.31. The van der Waals surface area contributed by atoms with Gasteiger partial charge in [-0.05, 0) is 61.5 Å². The van der Waals surface area contributed by atoms with Gasteiger partial charge in [0.2, 0.25) is 10.6 Å². The average Bonchev–Trinajstić information content (AvgIpc) is 3.29. The highest BCUT2D eigenvalue weighted by Gasteiger charge is 2.21. The van der Waals surface area contributed by atoms with Gasteiger partial charge >= 0.3 is 0 Å². The molecule has 1 amide bonds. The fraction of sp³-hybridized carbons (Fsp3) is 0.0769. The van der Waals surface area contributed by atoms with Crippen LogP contribution >= 0.6 is 11.3 Å². The van der Waals surface area contributed by atoms with Crippen LogP contribution in [0.25, 0.3) is 21.2 Å². The molecule has 2 aromatic heterocycles. The SMILES string of the molecule is CCOc1ccc(C(=O)N(/N=C/c2coc3ccccc3c2=O)c2nc3ccc(F)cc3s2)cc1. The maximum Gasteiger partial charge on any atom is 0.280 e. The van der Waals surface area contributed by atoms with Crippen molar-refractivity contribution in [3.05, 3.63) is 100 Å². The third kappa shape index (κ3) is 4.53. The second-order valence-electron chi connectivity index (χ2n) is 7.44. The van der Waals surface area contributed by atoms with E-state index in [2.05, 4.69) is 10.1 Å². The maximum absolute atomic E-state index is 13.7. The number of aromatic nitrogens is 1. The molecule has 0 saturated heterocycles. The van der Waals surface area contributed by atoms with E-state index in [1.165, 1.54) is 30.7 Å². The molecule has 0 unspecified atom stereocenters. The van der Waals surface area contributed by atoms with Crippen molar-refractivity contribution >= 4 is 49.8 Å². The Bertz CT molecular complexity index is 1630. The summed E-state index contributed by atoms with van der Waals surface area (Å²) in [5, 5.41) is 6.02. The van der Waals surface area contributed by atoms with Gasteiger partial charge in [-0.3, -0.25) is 9.59 Å². The fourth-order valence-electron chi connectivity index (χ4n) is 3.45. The number of hydrogen-bond acceptors (Lipinski definition) is 7. The molecular formula is C26H18FN3O4S. The largest absolute Gasteiger partial charge is 0.494 e. The minimum atomic E-state index is -0.478. The van der Waals surface area contributed by atoms with Gasteiger partial charge in [0.25, 0.3) is 5.91 Å². The average molecular weight is 488 g/mol. The molecule has 0 aliphatic rings. The van der Waals surface area contributed by atoms with Crippen LogP contribution in [0.15, 0.2) is 87.3 Å². The number of halogens is 1. The summed E-state index contributed by atoms with van der Waals surface area (Å²) in [6.45, 7) is 2.37. The molecule has 0 fully saturated rings. The minimum Gasteiger partial charge on any atom is -0.494 e. The number of thiazole rings is 1. The number of anilines is 1. The molecule has 0 aliphatic heterocycles. The van der Waals surface area contributed by atoms with Gasteiger partial charge in [-0.2, -0.15) is 10.1 Å². The maximum atomic E-state index is 13.7. The summed E-state index contributed by atoms with van der Waals surface area (Å²) >= 11 is 1.11. The van der Waals surface area contributed by atoms with Gasteiger partial charge in [-0.15, -0.1) is 0 Å². The standard InChI is InChI=1S/C26H18FN3O4S/c1-2-33-19-10-7-16(8-11-19)25(32)30(26-29-21-12-9-18(27)13-23(21)35-26)28-14-17-15-34-22-6-4-3-5-20(22)24(17)31/h3-15H,2H2,1H3/b28-14+. The van der Waals surface area contributed by atoms with Gasteiger partial charge in [0.05, 0.1) is 34.0 Å². The third-order valence-electron chi connectivity index (χ3n) is 5.14. The molecule has 2 heterocycles. The van der Waals surface area contributed by atoms with E-state index in [0.717, 1.165) is 16.3 Å². The number of hydrazone groups is 1. The van der Waals surface area contributed by atoms with Gasteiger partial charge in [0.15, 0.2) is 0 Å². The molecule has 0 spiro atoms. The summed E-state index contributed by atoms with van der Waals surface area (Å²) in [7, 11) is 0. The summed E-state index contributed by atoms with van der Waals surface area (Å²) in [5.41, 5.74) is 1.19. The van der Waals surface area contributed by atoms with Gasteiger partial charge < -0.3 is 9.15 Å². The smallest absolute Gasteiger partial charge is 0.280 e. The molecule has 5 rings (SSSR count). The Hall–Kier alpha value is -4.37. The topological polar surface area (TPSA) is 85.0 Å². The first-order chi connectivity index (χ1) is 17.0. The molecule has 0 radical (unpaired) electrons. The fourth-order valence-corrected chi connectivity index (χ4v) is 4.40. The Labute approximate surface area is 202 Å². The molecule has 0 saturated carbocycles. The number of benzene rings is 3. The van der Waals surface area contributed by atoms with Crippen molar-refractivity contribution in [1.29, 1.82) is 0 Å². The van der Waals surface area contributed by atoms with Crippen molar-refractivity contribution in [3.8, 4) is 5.75 Å². The summed E-state index contributed by atoms with van der Waals surface area (Å²) in [6, 6.07) is 17.6. The van der Waals surface area contributed by atoms with Crippen molar-refractivity contribution in [2.75, 3.05) is 11.6 Å². The van der Waals surface area contributed by atoms with E-state index in [1.54, 1.807) is 48.5 Å². The zero-order valence-corrected chi connectivity index (χ0v) is 19.3. The quantitative estimate of drug-likeness (QED) is 0.229. The van der Waals surface area contributed by atoms with Gasteiger partial charge in [0.1, 0.15) is 23.4 Å². The monoisotopic (exact) mass is 487 g/mol. The van der Waals surface area contributed by atoms with Gasteiger partial charge in [-0.1, -0.05) is 23.5 Å². The Balaban J connectivity index is 1.57. The summed E-state index contributed by atoms with van der Waals surface area (Å²) < 4.78 is 25.3. The first kappa shape index (κ1) is 22.4. The lowest BCUT2D eigenvalue weighted by Crippen LogP contribution is -2.26. The number of carbonyl (C=O) groups excluding carboxylic acids is 1. The third-order valence-corrected chi connectivity index (χ3v) is 6.14. The second-order valence-corrected chi connectivity index (χ2v) is 8.45. The highest BCUT2D eigenvalue weighted by molar-refractivity contribution is 7.22. The summed E-state index contributed by atoms with van der Waals surface area (Å²) in [5.74, 6) is -0.258. The van der Waals surface area contributed by atoms with Crippen LogP contribution in [0.4, 0.5) is 9.52 Å². The van der Waals surface area contributed by atoms with Crippen LogP contribution in [0.2, 0.25) is 0 Å². The molecular weight excluding hydrogens is 469 g/mol. The lowest BCUT2D eigenvalue weighted by Gasteiger charge is -2.14. The van der Waals surface area contributed by atoms with Crippen molar-refractivity contribution in [2.45, 2.75) is 6.92 Å². The molecule has 9 heteroatoms. The summed E-state index contributed by atoms with van der Waals surface area (Å²) in [4.78, 5) is 30.8. The first-order valence-corrected chi connectivity index (χ1v) is 11.5. The number of rotatable bonds is 6. The van der Waals surface area contributed by atoms with Crippen LogP contribution in [-0.4, -0.2) is 23.7 Å². The van der Waals surface area contributed by atoms with Crippen molar-refractivity contribution in [3.63, 3.8) is 0 Å². The van der Waals surface area contributed by atoms with E-state index in [0.29, 0.717) is 39.1 Å². The first-order valence-electron chi connectivity index (χ1n) is 10.7. The molecule has 3 aromatic carbocycles.